The molecule has 5 heteroatoms. The highest BCUT2D eigenvalue weighted by molar-refractivity contribution is 6.11. The number of benzene rings is 8. The van der Waals surface area contributed by atoms with Crippen molar-refractivity contribution in [2.45, 2.75) is 6.92 Å². The molecule has 0 N–H and O–H groups in total. The van der Waals surface area contributed by atoms with Gasteiger partial charge in [0, 0.05) is 56.2 Å². The first kappa shape index (κ1) is 33.0. The fourth-order valence-electron chi connectivity index (χ4n) is 9.08. The van der Waals surface area contributed by atoms with Gasteiger partial charge in [-0.2, -0.15) is 0 Å². The van der Waals surface area contributed by atoms with Crippen molar-refractivity contribution in [3.8, 4) is 39.2 Å². The zero-order valence-electron chi connectivity index (χ0n) is 36.7. The average molecular weight is 789 g/mol. The van der Waals surface area contributed by atoms with Crippen molar-refractivity contribution in [1.29, 1.82) is 0 Å². The van der Waals surface area contributed by atoms with E-state index in [0.29, 0.717) is 5.69 Å². The lowest BCUT2D eigenvalue weighted by atomic mass is 9.94. The SMILES string of the molecule is [2H]C([2H])([2H])N1CN(c2cccc(N(c3ccc4c5ccccc5n(-c5cc(-c6ccccc6C)ccn5)c4c3)c3c(-c4ccccc4)cccc3-c3ccccc3)c2)c2ccccc21. The molecule has 0 unspecified atom stereocenters. The van der Waals surface area contributed by atoms with Gasteiger partial charge in [-0.15, -0.1) is 0 Å². The largest absolute Gasteiger partial charge is 0.355 e. The van der Waals surface area contributed by atoms with E-state index in [9.17, 15) is 0 Å². The molecule has 3 heterocycles. The second kappa shape index (κ2) is 15.0. The van der Waals surface area contributed by atoms with Crippen LogP contribution >= 0.6 is 0 Å². The third-order valence-electron chi connectivity index (χ3n) is 11.9. The van der Waals surface area contributed by atoms with E-state index in [4.69, 9.17) is 9.10 Å². The van der Waals surface area contributed by atoms with Crippen LogP contribution in [0.2, 0.25) is 0 Å². The van der Waals surface area contributed by atoms with Gasteiger partial charge in [0.25, 0.3) is 0 Å². The lowest BCUT2D eigenvalue weighted by Gasteiger charge is -2.31. The van der Waals surface area contributed by atoms with E-state index >= 15 is 0 Å². The minimum atomic E-state index is -2.31. The van der Waals surface area contributed by atoms with E-state index in [0.717, 1.165) is 83.9 Å². The molecule has 11 rings (SSSR count). The summed E-state index contributed by atoms with van der Waals surface area (Å²) >= 11 is 0. The van der Waals surface area contributed by atoms with Gasteiger partial charge in [0.1, 0.15) is 5.82 Å². The van der Waals surface area contributed by atoms with E-state index in [1.165, 1.54) is 16.0 Å². The van der Waals surface area contributed by atoms with Gasteiger partial charge in [-0.25, -0.2) is 4.98 Å². The van der Waals surface area contributed by atoms with E-state index in [-0.39, 0.29) is 6.67 Å². The van der Waals surface area contributed by atoms with Crippen molar-refractivity contribution < 1.29 is 4.11 Å². The first-order valence-electron chi connectivity index (χ1n) is 22.2. The number of pyridine rings is 1. The van der Waals surface area contributed by atoms with Gasteiger partial charge in [-0.3, -0.25) is 4.57 Å². The van der Waals surface area contributed by atoms with Crippen LogP contribution in [-0.2, 0) is 0 Å². The maximum Gasteiger partial charge on any atom is 0.138 e. The number of nitrogens with zero attached hydrogens (tertiary/aromatic N) is 5. The second-order valence-corrected chi connectivity index (χ2v) is 15.5. The molecule has 0 spiro atoms. The van der Waals surface area contributed by atoms with Crippen molar-refractivity contribution in [1.82, 2.24) is 9.55 Å². The summed E-state index contributed by atoms with van der Waals surface area (Å²) < 4.78 is 27.6. The number of para-hydroxylation sites is 4. The Labute approximate surface area is 360 Å². The predicted molar refractivity (Wildman–Crippen MR) is 256 cm³/mol. The number of aryl methyl sites for hydroxylation is 1. The van der Waals surface area contributed by atoms with Crippen molar-refractivity contribution in [3.05, 3.63) is 218 Å². The Kier molecular flexibility index (Phi) is 8.14. The molecule has 0 saturated heterocycles. The molecule has 1 aliphatic heterocycles. The van der Waals surface area contributed by atoms with Crippen molar-refractivity contribution >= 4 is 55.9 Å². The van der Waals surface area contributed by atoms with Crippen molar-refractivity contribution in [2.75, 3.05) is 28.3 Å². The summed E-state index contributed by atoms with van der Waals surface area (Å²) in [6, 6.07) is 72.0. The summed E-state index contributed by atoms with van der Waals surface area (Å²) in [5.74, 6) is 0.832. The average Bonchev–Trinajstić information content (AvgIpc) is 3.89. The lowest BCUT2D eigenvalue weighted by Crippen LogP contribution is -2.24. The van der Waals surface area contributed by atoms with Gasteiger partial charge < -0.3 is 14.7 Å². The molecular formula is C56H43N5. The highest BCUT2D eigenvalue weighted by Crippen LogP contribution is 2.49. The summed E-state index contributed by atoms with van der Waals surface area (Å²) in [6.45, 7) is 0.0281. The number of anilines is 6. The molecule has 0 bridgehead atoms. The van der Waals surface area contributed by atoms with Crippen LogP contribution in [0, 0.1) is 6.92 Å². The Balaban J connectivity index is 1.18. The number of hydrogen-bond donors (Lipinski definition) is 0. The Hall–Kier alpha value is -7.89. The summed E-state index contributed by atoms with van der Waals surface area (Å²) in [5.41, 5.74) is 15.2. The molecule has 1 aliphatic rings. The Morgan fingerprint density at radius 3 is 1.92 bits per heavy atom. The summed E-state index contributed by atoms with van der Waals surface area (Å²) in [7, 11) is 0. The molecule has 292 valence electrons. The van der Waals surface area contributed by atoms with Crippen LogP contribution in [-0.4, -0.2) is 23.2 Å². The number of fused-ring (bicyclic) bond motifs is 4. The van der Waals surface area contributed by atoms with Crippen LogP contribution in [0.4, 0.5) is 34.1 Å². The van der Waals surface area contributed by atoms with Crippen LogP contribution < -0.4 is 14.7 Å². The van der Waals surface area contributed by atoms with Gasteiger partial charge in [-0.1, -0.05) is 146 Å². The molecule has 10 aromatic rings. The fourth-order valence-corrected chi connectivity index (χ4v) is 9.08. The first-order valence-corrected chi connectivity index (χ1v) is 20.7. The zero-order valence-corrected chi connectivity index (χ0v) is 33.7. The van der Waals surface area contributed by atoms with Gasteiger partial charge in [0.2, 0.25) is 0 Å². The van der Waals surface area contributed by atoms with Crippen LogP contribution in [0.1, 0.15) is 9.68 Å². The highest BCUT2D eigenvalue weighted by Gasteiger charge is 2.27. The molecule has 5 nitrogen and oxygen atoms in total. The number of hydrogen-bond acceptors (Lipinski definition) is 4. The third-order valence-corrected chi connectivity index (χ3v) is 11.9. The third kappa shape index (κ3) is 6.30. The normalized spacial score (nSPS) is 13.2. The fraction of sp³-hybridized carbons (Fsp3) is 0.0536. The molecule has 0 aliphatic carbocycles. The van der Waals surface area contributed by atoms with E-state index in [2.05, 4.69) is 203 Å². The topological polar surface area (TPSA) is 27.5 Å². The Morgan fingerprint density at radius 1 is 0.508 bits per heavy atom. The van der Waals surface area contributed by atoms with Crippen molar-refractivity contribution in [2.24, 2.45) is 0 Å². The molecule has 0 radical (unpaired) electrons. The first-order chi connectivity index (χ1) is 31.3. The molecule has 0 fully saturated rings. The monoisotopic (exact) mass is 788 g/mol. The predicted octanol–water partition coefficient (Wildman–Crippen LogP) is 14.5. The minimum absolute atomic E-state index is 0.190. The van der Waals surface area contributed by atoms with Crippen LogP contribution in [0.25, 0.3) is 61.0 Å². The second-order valence-electron chi connectivity index (χ2n) is 15.5. The molecule has 2 aromatic heterocycles. The number of rotatable bonds is 8. The van der Waals surface area contributed by atoms with Crippen LogP contribution in [0.5, 0.6) is 0 Å². The van der Waals surface area contributed by atoms with Crippen LogP contribution in [0.15, 0.2) is 212 Å². The zero-order chi connectivity index (χ0) is 43.4. The molecule has 8 aromatic carbocycles. The van der Waals surface area contributed by atoms with Gasteiger partial charge in [0.15, 0.2) is 0 Å². The maximum atomic E-state index is 8.43. The summed E-state index contributed by atoms with van der Waals surface area (Å²) in [4.78, 5) is 11.0. The summed E-state index contributed by atoms with van der Waals surface area (Å²) in [6.07, 6.45) is 1.91. The van der Waals surface area contributed by atoms with Gasteiger partial charge in [0.05, 0.1) is 34.8 Å². The van der Waals surface area contributed by atoms with E-state index in [1.54, 1.807) is 0 Å². The Morgan fingerprint density at radius 2 is 1.15 bits per heavy atom. The Bertz CT molecular complexity index is 3280. The van der Waals surface area contributed by atoms with Gasteiger partial charge >= 0.3 is 0 Å². The molecule has 0 amide bonds. The smallest absolute Gasteiger partial charge is 0.138 e. The standard InChI is InChI=1S/C56H43N5/c1-39-17-9-10-24-46(39)42-33-34-57-55(35-42)61-51-28-12-11-25-49(51)50-32-31-45(37-54(50)61)60(44-23-15-22-43(36-44)59-38-58(2)52-29-13-14-30-53(52)59)56-47(40-18-5-3-6-19-40)26-16-27-48(56)41-20-7-4-8-21-41/h3-37H,38H2,1-2H3/i2D3. The molecule has 61 heavy (non-hydrogen) atoms. The summed E-state index contributed by atoms with van der Waals surface area (Å²) in [5, 5.41) is 2.26. The number of aromatic nitrogens is 2. The van der Waals surface area contributed by atoms with E-state index < -0.39 is 6.98 Å². The van der Waals surface area contributed by atoms with Crippen molar-refractivity contribution in [3.63, 3.8) is 0 Å². The molecule has 0 atom stereocenters. The van der Waals surface area contributed by atoms with Gasteiger partial charge in [-0.05, 0) is 95.4 Å². The lowest BCUT2D eigenvalue weighted by molar-refractivity contribution is 0.949. The quantitative estimate of drug-likeness (QED) is 0.153. The highest BCUT2D eigenvalue weighted by atomic mass is 15.4. The molecule has 0 saturated carbocycles. The minimum Gasteiger partial charge on any atom is -0.355 e. The maximum absolute atomic E-state index is 8.43. The molecular weight excluding hydrogens is 743 g/mol. The van der Waals surface area contributed by atoms with E-state index in [1.807, 2.05) is 30.5 Å². The van der Waals surface area contributed by atoms with Crippen LogP contribution in [0.3, 0.4) is 0 Å².